The number of pyridine rings is 1. The van der Waals surface area contributed by atoms with Crippen LogP contribution in [-0.2, 0) is 4.79 Å². The number of amides is 1. The van der Waals surface area contributed by atoms with E-state index >= 15 is 0 Å². The first kappa shape index (κ1) is 12.5. The van der Waals surface area contributed by atoms with E-state index in [1.54, 1.807) is 12.3 Å². The quantitative estimate of drug-likeness (QED) is 0.822. The highest BCUT2D eigenvalue weighted by molar-refractivity contribution is 5.92. The molecule has 1 heterocycles. The second-order valence-electron chi connectivity index (χ2n) is 4.46. The molecule has 0 saturated carbocycles. The average molecular weight is 221 g/mol. The van der Waals surface area contributed by atoms with Gasteiger partial charge in [-0.3, -0.25) is 4.79 Å². The minimum Gasteiger partial charge on any atom is -0.397 e. The molecule has 0 aliphatic carbocycles. The lowest BCUT2D eigenvalue weighted by molar-refractivity contribution is -0.120. The average Bonchev–Trinajstić information content (AvgIpc) is 2.20. The molecule has 0 aliphatic rings. The first-order valence-corrected chi connectivity index (χ1v) is 5.44. The van der Waals surface area contributed by atoms with Crippen LogP contribution in [0, 0.1) is 18.8 Å². The first-order chi connectivity index (χ1) is 7.41. The van der Waals surface area contributed by atoms with E-state index in [1.807, 2.05) is 27.7 Å². The zero-order valence-corrected chi connectivity index (χ0v) is 10.2. The molecule has 0 bridgehead atoms. The van der Waals surface area contributed by atoms with Gasteiger partial charge in [0.1, 0.15) is 5.82 Å². The smallest absolute Gasteiger partial charge is 0.228 e. The van der Waals surface area contributed by atoms with Crippen LogP contribution in [0.3, 0.4) is 0 Å². The summed E-state index contributed by atoms with van der Waals surface area (Å²) in [6, 6.07) is 1.79. The van der Waals surface area contributed by atoms with Crippen molar-refractivity contribution in [1.82, 2.24) is 4.98 Å². The third-order valence-electron chi connectivity index (χ3n) is 2.75. The fourth-order valence-electron chi connectivity index (χ4n) is 1.26. The summed E-state index contributed by atoms with van der Waals surface area (Å²) in [5, 5.41) is 2.81. The Kier molecular flexibility index (Phi) is 3.88. The third-order valence-corrected chi connectivity index (χ3v) is 2.75. The number of nitrogens with one attached hydrogen (secondary N) is 1. The molecule has 0 spiro atoms. The van der Waals surface area contributed by atoms with Crippen molar-refractivity contribution >= 4 is 17.4 Å². The molecule has 4 heteroatoms. The number of nitrogens with two attached hydrogens (primary N) is 1. The fourth-order valence-corrected chi connectivity index (χ4v) is 1.26. The fraction of sp³-hybridized carbons (Fsp3) is 0.500. The van der Waals surface area contributed by atoms with E-state index in [9.17, 15) is 4.79 Å². The van der Waals surface area contributed by atoms with Gasteiger partial charge in [-0.05, 0) is 24.5 Å². The molecular formula is C12H19N3O. The van der Waals surface area contributed by atoms with Crippen molar-refractivity contribution in [1.29, 1.82) is 0 Å². The summed E-state index contributed by atoms with van der Waals surface area (Å²) in [7, 11) is 0. The molecule has 3 N–H and O–H groups in total. The zero-order chi connectivity index (χ0) is 12.3. The highest BCUT2D eigenvalue weighted by atomic mass is 16.1. The Morgan fingerprint density at radius 3 is 2.56 bits per heavy atom. The number of rotatable bonds is 3. The minimum atomic E-state index is -0.0289. The summed E-state index contributed by atoms with van der Waals surface area (Å²) >= 11 is 0. The highest BCUT2D eigenvalue weighted by Gasteiger charge is 2.17. The molecule has 0 aromatic carbocycles. The van der Waals surface area contributed by atoms with E-state index in [4.69, 9.17) is 5.73 Å². The van der Waals surface area contributed by atoms with Crippen LogP contribution in [0.1, 0.15) is 26.3 Å². The molecule has 1 rings (SSSR count). The first-order valence-electron chi connectivity index (χ1n) is 5.44. The summed E-state index contributed by atoms with van der Waals surface area (Å²) in [6.45, 7) is 7.83. The Bertz CT molecular complexity index is 388. The molecule has 1 aromatic rings. The predicted molar refractivity (Wildman–Crippen MR) is 66.0 cm³/mol. The minimum absolute atomic E-state index is 0.00429. The lowest BCUT2D eigenvalue weighted by Gasteiger charge is -2.15. The Labute approximate surface area is 96.3 Å². The number of hydrogen-bond donors (Lipinski definition) is 2. The van der Waals surface area contributed by atoms with E-state index in [2.05, 4.69) is 10.3 Å². The van der Waals surface area contributed by atoms with Crippen molar-refractivity contribution in [2.75, 3.05) is 11.1 Å². The second kappa shape index (κ2) is 4.96. The number of nitrogens with zero attached hydrogens (tertiary/aromatic N) is 1. The van der Waals surface area contributed by atoms with Crippen molar-refractivity contribution in [2.45, 2.75) is 27.7 Å². The summed E-state index contributed by atoms with van der Waals surface area (Å²) in [6.07, 6.45) is 1.54. The van der Waals surface area contributed by atoms with Gasteiger partial charge in [0, 0.05) is 5.92 Å². The van der Waals surface area contributed by atoms with Gasteiger partial charge in [0.25, 0.3) is 0 Å². The van der Waals surface area contributed by atoms with Crippen molar-refractivity contribution in [3.8, 4) is 0 Å². The van der Waals surface area contributed by atoms with E-state index in [0.717, 1.165) is 5.56 Å². The summed E-state index contributed by atoms with van der Waals surface area (Å²) in [5.41, 5.74) is 7.07. The largest absolute Gasteiger partial charge is 0.397 e. The van der Waals surface area contributed by atoms with E-state index in [1.165, 1.54) is 0 Å². The van der Waals surface area contributed by atoms with Crippen LogP contribution < -0.4 is 11.1 Å². The van der Waals surface area contributed by atoms with Crippen LogP contribution in [0.4, 0.5) is 11.5 Å². The zero-order valence-electron chi connectivity index (χ0n) is 10.2. The Morgan fingerprint density at radius 2 is 2.06 bits per heavy atom. The molecule has 0 fully saturated rings. The predicted octanol–water partition coefficient (Wildman–Crippen LogP) is 2.20. The monoisotopic (exact) mass is 221 g/mol. The normalized spacial score (nSPS) is 12.6. The molecule has 1 aromatic heterocycles. The number of carbonyl (C=O) groups excluding carboxylic acids is 1. The Hall–Kier alpha value is -1.58. The van der Waals surface area contributed by atoms with Crippen LogP contribution >= 0.6 is 0 Å². The van der Waals surface area contributed by atoms with Crippen molar-refractivity contribution in [3.05, 3.63) is 17.8 Å². The number of aromatic nitrogens is 1. The topological polar surface area (TPSA) is 68.0 Å². The van der Waals surface area contributed by atoms with Gasteiger partial charge in [-0.25, -0.2) is 4.98 Å². The van der Waals surface area contributed by atoms with E-state index in [-0.39, 0.29) is 11.8 Å². The van der Waals surface area contributed by atoms with Crippen LogP contribution in [0.5, 0.6) is 0 Å². The number of carbonyl (C=O) groups is 1. The Morgan fingerprint density at radius 1 is 1.44 bits per heavy atom. The van der Waals surface area contributed by atoms with Crippen molar-refractivity contribution in [3.63, 3.8) is 0 Å². The molecule has 0 aliphatic heterocycles. The van der Waals surface area contributed by atoms with Gasteiger partial charge < -0.3 is 11.1 Å². The maximum Gasteiger partial charge on any atom is 0.228 e. The van der Waals surface area contributed by atoms with Gasteiger partial charge in [0.15, 0.2) is 0 Å². The summed E-state index contributed by atoms with van der Waals surface area (Å²) in [4.78, 5) is 15.9. The molecule has 0 saturated heterocycles. The van der Waals surface area contributed by atoms with Gasteiger partial charge in [0.2, 0.25) is 5.91 Å². The molecule has 0 radical (unpaired) electrons. The van der Waals surface area contributed by atoms with Crippen molar-refractivity contribution < 1.29 is 4.79 Å². The molecule has 1 unspecified atom stereocenters. The van der Waals surface area contributed by atoms with E-state index in [0.29, 0.717) is 17.4 Å². The number of anilines is 2. The summed E-state index contributed by atoms with van der Waals surface area (Å²) in [5.74, 6) is 0.870. The Balaban J connectivity index is 2.77. The number of nitrogen functional groups attached to an aromatic ring is 1. The number of hydrogen-bond acceptors (Lipinski definition) is 3. The lowest BCUT2D eigenvalue weighted by atomic mass is 9.97. The molecule has 88 valence electrons. The van der Waals surface area contributed by atoms with Gasteiger partial charge in [0.05, 0.1) is 11.9 Å². The molecule has 16 heavy (non-hydrogen) atoms. The van der Waals surface area contributed by atoms with Crippen LogP contribution in [0.15, 0.2) is 12.3 Å². The van der Waals surface area contributed by atoms with Crippen LogP contribution in [-0.4, -0.2) is 10.9 Å². The van der Waals surface area contributed by atoms with Gasteiger partial charge in [-0.1, -0.05) is 20.8 Å². The standard InChI is InChI=1S/C12H19N3O/c1-7(2)9(4)12(16)15-11-8(3)5-10(13)6-14-11/h5-7,9H,13H2,1-4H3,(H,14,15,16). The SMILES string of the molecule is Cc1cc(N)cnc1NC(=O)C(C)C(C)C. The van der Waals surface area contributed by atoms with Gasteiger partial charge >= 0.3 is 0 Å². The molecule has 4 nitrogen and oxygen atoms in total. The number of aryl methyl sites for hydroxylation is 1. The van der Waals surface area contributed by atoms with Crippen molar-refractivity contribution in [2.24, 2.45) is 11.8 Å². The van der Waals surface area contributed by atoms with Gasteiger partial charge in [-0.15, -0.1) is 0 Å². The maximum atomic E-state index is 11.8. The van der Waals surface area contributed by atoms with Gasteiger partial charge in [-0.2, -0.15) is 0 Å². The summed E-state index contributed by atoms with van der Waals surface area (Å²) < 4.78 is 0. The van der Waals surface area contributed by atoms with Crippen LogP contribution in [0.2, 0.25) is 0 Å². The third kappa shape index (κ3) is 2.95. The van der Waals surface area contributed by atoms with Crippen LogP contribution in [0.25, 0.3) is 0 Å². The molecule has 1 atom stereocenters. The second-order valence-corrected chi connectivity index (χ2v) is 4.46. The van der Waals surface area contributed by atoms with E-state index < -0.39 is 0 Å². The highest BCUT2D eigenvalue weighted by Crippen LogP contribution is 2.17. The maximum absolute atomic E-state index is 11.8. The molecule has 1 amide bonds. The molecular weight excluding hydrogens is 202 g/mol. The lowest BCUT2D eigenvalue weighted by Crippen LogP contribution is -2.25.